The highest BCUT2D eigenvalue weighted by molar-refractivity contribution is 5.76. The van der Waals surface area contributed by atoms with Crippen LogP contribution in [0.5, 0.6) is 11.5 Å². The van der Waals surface area contributed by atoms with Crippen molar-refractivity contribution < 1.29 is 10.2 Å². The van der Waals surface area contributed by atoms with Crippen LogP contribution in [-0.4, -0.2) is 10.2 Å². The standard InChI is InChI=1S/C15H16O2/c1-9-4-5-11(3)12(6-9)13-7-10(2)8-14(16)15(13)17/h4-8,16-17H,1-3H3. The van der Waals surface area contributed by atoms with Crippen molar-refractivity contribution in [3.63, 3.8) is 0 Å². The van der Waals surface area contributed by atoms with Crippen LogP contribution in [0.4, 0.5) is 0 Å². The van der Waals surface area contributed by atoms with E-state index in [-0.39, 0.29) is 11.5 Å². The van der Waals surface area contributed by atoms with E-state index in [9.17, 15) is 10.2 Å². The Labute approximate surface area is 101 Å². The normalized spacial score (nSPS) is 10.5. The second kappa shape index (κ2) is 4.13. The molecule has 0 unspecified atom stereocenters. The summed E-state index contributed by atoms with van der Waals surface area (Å²) in [4.78, 5) is 0. The first-order valence-electron chi connectivity index (χ1n) is 5.59. The summed E-state index contributed by atoms with van der Waals surface area (Å²) in [7, 11) is 0. The zero-order valence-electron chi connectivity index (χ0n) is 10.3. The lowest BCUT2D eigenvalue weighted by Crippen LogP contribution is -1.87. The number of phenolic OH excluding ortho intramolecular Hbond substituents is 2. The summed E-state index contributed by atoms with van der Waals surface area (Å²) in [5.41, 5.74) is 4.78. The second-order valence-corrected chi connectivity index (χ2v) is 4.50. The molecular formula is C15H16O2. The minimum absolute atomic E-state index is 0.0516. The van der Waals surface area contributed by atoms with E-state index in [0.717, 1.165) is 22.3 Å². The van der Waals surface area contributed by atoms with Crippen LogP contribution in [0, 0.1) is 20.8 Å². The highest BCUT2D eigenvalue weighted by atomic mass is 16.3. The van der Waals surface area contributed by atoms with Crippen LogP contribution < -0.4 is 0 Å². The maximum atomic E-state index is 9.94. The van der Waals surface area contributed by atoms with Gasteiger partial charge in [-0.1, -0.05) is 23.8 Å². The first kappa shape index (κ1) is 11.5. The Hall–Kier alpha value is -1.96. The van der Waals surface area contributed by atoms with E-state index in [1.54, 1.807) is 6.07 Å². The first-order valence-corrected chi connectivity index (χ1v) is 5.59. The lowest BCUT2D eigenvalue weighted by atomic mass is 9.96. The zero-order valence-corrected chi connectivity index (χ0v) is 10.3. The van der Waals surface area contributed by atoms with Crippen molar-refractivity contribution in [2.75, 3.05) is 0 Å². The zero-order chi connectivity index (χ0) is 12.6. The predicted octanol–water partition coefficient (Wildman–Crippen LogP) is 3.69. The quantitative estimate of drug-likeness (QED) is 0.731. The molecule has 0 heterocycles. The highest BCUT2D eigenvalue weighted by Crippen LogP contribution is 2.39. The molecule has 2 aromatic rings. The molecule has 0 aliphatic carbocycles. The van der Waals surface area contributed by atoms with Gasteiger partial charge in [0.25, 0.3) is 0 Å². The maximum Gasteiger partial charge on any atom is 0.165 e. The Bertz CT molecular complexity index is 571. The number of phenols is 2. The summed E-state index contributed by atoms with van der Waals surface area (Å²) < 4.78 is 0. The first-order chi connectivity index (χ1) is 7.99. The fraction of sp³-hybridized carbons (Fsp3) is 0.200. The Morgan fingerprint density at radius 2 is 1.41 bits per heavy atom. The fourth-order valence-electron chi connectivity index (χ4n) is 1.99. The Kier molecular flexibility index (Phi) is 2.80. The number of aromatic hydroxyl groups is 2. The monoisotopic (exact) mass is 228 g/mol. The van der Waals surface area contributed by atoms with Gasteiger partial charge in [0.2, 0.25) is 0 Å². The van der Waals surface area contributed by atoms with Crippen LogP contribution in [0.25, 0.3) is 11.1 Å². The molecule has 0 amide bonds. The molecular weight excluding hydrogens is 212 g/mol. The van der Waals surface area contributed by atoms with Gasteiger partial charge in [0.1, 0.15) is 0 Å². The van der Waals surface area contributed by atoms with Gasteiger partial charge < -0.3 is 10.2 Å². The van der Waals surface area contributed by atoms with Gasteiger partial charge in [0, 0.05) is 5.56 Å². The van der Waals surface area contributed by atoms with Crippen LogP contribution in [0.2, 0.25) is 0 Å². The van der Waals surface area contributed by atoms with E-state index in [1.807, 2.05) is 45.0 Å². The molecule has 2 N–H and O–H groups in total. The van der Waals surface area contributed by atoms with E-state index >= 15 is 0 Å². The number of hydrogen-bond acceptors (Lipinski definition) is 2. The van der Waals surface area contributed by atoms with E-state index in [1.165, 1.54) is 0 Å². The van der Waals surface area contributed by atoms with Crippen molar-refractivity contribution in [2.24, 2.45) is 0 Å². The third kappa shape index (κ3) is 2.11. The van der Waals surface area contributed by atoms with Crippen LogP contribution in [0.15, 0.2) is 30.3 Å². The van der Waals surface area contributed by atoms with Crippen molar-refractivity contribution in [1.29, 1.82) is 0 Å². The molecule has 0 aliphatic heterocycles. The largest absolute Gasteiger partial charge is 0.504 e. The lowest BCUT2D eigenvalue weighted by molar-refractivity contribution is 0.405. The van der Waals surface area contributed by atoms with Gasteiger partial charge in [-0.3, -0.25) is 0 Å². The molecule has 0 bridgehead atoms. The SMILES string of the molecule is Cc1ccc(C)c(-c2cc(C)cc(O)c2O)c1. The van der Waals surface area contributed by atoms with Crippen molar-refractivity contribution in [2.45, 2.75) is 20.8 Å². The smallest absolute Gasteiger partial charge is 0.165 e. The van der Waals surface area contributed by atoms with E-state index < -0.39 is 0 Å². The Morgan fingerprint density at radius 3 is 2.12 bits per heavy atom. The molecule has 88 valence electrons. The number of hydrogen-bond donors (Lipinski definition) is 2. The molecule has 17 heavy (non-hydrogen) atoms. The molecule has 0 fully saturated rings. The maximum absolute atomic E-state index is 9.94. The van der Waals surface area contributed by atoms with Gasteiger partial charge in [-0.25, -0.2) is 0 Å². The third-order valence-electron chi connectivity index (χ3n) is 2.92. The molecule has 0 spiro atoms. The average molecular weight is 228 g/mol. The van der Waals surface area contributed by atoms with Crippen LogP contribution in [-0.2, 0) is 0 Å². The van der Waals surface area contributed by atoms with Gasteiger partial charge in [0.05, 0.1) is 0 Å². The topological polar surface area (TPSA) is 40.5 Å². The van der Waals surface area contributed by atoms with E-state index in [2.05, 4.69) is 0 Å². The summed E-state index contributed by atoms with van der Waals surface area (Å²) in [6, 6.07) is 9.51. The van der Waals surface area contributed by atoms with Crippen molar-refractivity contribution >= 4 is 0 Å². The van der Waals surface area contributed by atoms with Crippen LogP contribution >= 0.6 is 0 Å². The molecule has 0 aliphatic rings. The minimum Gasteiger partial charge on any atom is -0.504 e. The van der Waals surface area contributed by atoms with E-state index in [4.69, 9.17) is 0 Å². The highest BCUT2D eigenvalue weighted by Gasteiger charge is 2.11. The predicted molar refractivity (Wildman–Crippen MR) is 69.4 cm³/mol. The molecule has 0 radical (unpaired) electrons. The van der Waals surface area contributed by atoms with Gasteiger partial charge in [-0.2, -0.15) is 0 Å². The van der Waals surface area contributed by atoms with Gasteiger partial charge >= 0.3 is 0 Å². The lowest BCUT2D eigenvalue weighted by Gasteiger charge is -2.11. The average Bonchev–Trinajstić information content (AvgIpc) is 2.27. The molecule has 2 heteroatoms. The van der Waals surface area contributed by atoms with Gasteiger partial charge in [0.15, 0.2) is 11.5 Å². The molecule has 0 atom stereocenters. The summed E-state index contributed by atoms with van der Waals surface area (Å²) >= 11 is 0. The van der Waals surface area contributed by atoms with Crippen LogP contribution in [0.3, 0.4) is 0 Å². The molecule has 2 nitrogen and oxygen atoms in total. The van der Waals surface area contributed by atoms with Crippen molar-refractivity contribution in [3.05, 3.63) is 47.0 Å². The number of benzene rings is 2. The summed E-state index contributed by atoms with van der Waals surface area (Å²) in [5, 5.41) is 19.6. The second-order valence-electron chi connectivity index (χ2n) is 4.50. The van der Waals surface area contributed by atoms with Crippen molar-refractivity contribution in [3.8, 4) is 22.6 Å². The van der Waals surface area contributed by atoms with Gasteiger partial charge in [-0.05, 0) is 49.6 Å². The summed E-state index contributed by atoms with van der Waals surface area (Å²) in [5.74, 6) is -0.120. The van der Waals surface area contributed by atoms with Crippen molar-refractivity contribution in [1.82, 2.24) is 0 Å². The van der Waals surface area contributed by atoms with E-state index in [0.29, 0.717) is 5.56 Å². The van der Waals surface area contributed by atoms with Gasteiger partial charge in [-0.15, -0.1) is 0 Å². The number of rotatable bonds is 1. The fourth-order valence-corrected chi connectivity index (χ4v) is 1.99. The Balaban J connectivity index is 2.72. The molecule has 2 aromatic carbocycles. The Morgan fingerprint density at radius 1 is 0.765 bits per heavy atom. The molecule has 0 saturated carbocycles. The molecule has 2 rings (SSSR count). The molecule has 0 aromatic heterocycles. The summed E-state index contributed by atoms with van der Waals surface area (Å²) in [6.45, 7) is 5.90. The summed E-state index contributed by atoms with van der Waals surface area (Å²) in [6.07, 6.45) is 0. The van der Waals surface area contributed by atoms with Crippen LogP contribution in [0.1, 0.15) is 16.7 Å². The minimum atomic E-state index is -0.0686. The number of aryl methyl sites for hydroxylation is 3. The molecule has 0 saturated heterocycles. The third-order valence-corrected chi connectivity index (χ3v) is 2.92.